The topological polar surface area (TPSA) is 96.1 Å². The monoisotopic (exact) mass is 302 g/mol. The second-order valence-electron chi connectivity index (χ2n) is 4.62. The molecule has 0 N–H and O–H groups in total. The summed E-state index contributed by atoms with van der Waals surface area (Å²) in [5.74, 6) is -0.507. The van der Waals surface area contributed by atoms with Crippen molar-refractivity contribution in [3.63, 3.8) is 0 Å². The Morgan fingerprint density at radius 3 is 3.09 bits per heavy atom. The summed E-state index contributed by atoms with van der Waals surface area (Å²) in [5, 5.41) is 7.33. The number of amides is 1. The van der Waals surface area contributed by atoms with Crippen LogP contribution in [0.25, 0.3) is 16.1 Å². The second-order valence-corrected chi connectivity index (χ2v) is 4.62. The number of carbonyl (C=O) groups excluding carboxylic acids is 1. The second kappa shape index (κ2) is 5.74. The molecule has 0 spiro atoms. The number of rotatable bonds is 4. The zero-order valence-electron chi connectivity index (χ0n) is 11.3. The molecule has 1 fully saturated rings. The van der Waals surface area contributed by atoms with Crippen molar-refractivity contribution in [2.75, 3.05) is 18.0 Å². The first-order valence-corrected chi connectivity index (χ1v) is 6.47. The van der Waals surface area contributed by atoms with Crippen molar-refractivity contribution in [2.24, 2.45) is 5.11 Å². The fourth-order valence-electron chi connectivity index (χ4n) is 2.22. The number of ether oxygens (including phenoxy) is 1. The Morgan fingerprint density at radius 1 is 1.55 bits per heavy atom. The van der Waals surface area contributed by atoms with Crippen molar-refractivity contribution >= 4 is 11.8 Å². The summed E-state index contributed by atoms with van der Waals surface area (Å²) < 4.78 is 20.6. The minimum atomic E-state index is -0.593. The van der Waals surface area contributed by atoms with E-state index in [1.165, 1.54) is 21.7 Å². The lowest BCUT2D eigenvalue weighted by Crippen LogP contribution is -2.25. The molecule has 22 heavy (non-hydrogen) atoms. The zero-order valence-corrected chi connectivity index (χ0v) is 11.3. The number of hydrogen-bond acceptors (Lipinski definition) is 4. The van der Waals surface area contributed by atoms with Gasteiger partial charge in [0.2, 0.25) is 0 Å². The largest absolute Gasteiger partial charge is 0.444 e. The highest BCUT2D eigenvalue weighted by Crippen LogP contribution is 2.25. The van der Waals surface area contributed by atoms with Crippen LogP contribution in [0.4, 0.5) is 14.9 Å². The fraction of sp³-hybridized carbons (Fsp3) is 0.231. The molecule has 0 saturated carbocycles. The van der Waals surface area contributed by atoms with Crippen LogP contribution in [0.15, 0.2) is 41.8 Å². The molecule has 0 aliphatic carbocycles. The van der Waals surface area contributed by atoms with E-state index in [9.17, 15) is 9.18 Å². The van der Waals surface area contributed by atoms with Crippen LogP contribution in [-0.2, 0) is 4.74 Å². The van der Waals surface area contributed by atoms with Gasteiger partial charge in [0.05, 0.1) is 18.8 Å². The van der Waals surface area contributed by atoms with Crippen molar-refractivity contribution in [3.05, 3.63) is 52.9 Å². The van der Waals surface area contributed by atoms with E-state index in [0.717, 1.165) is 0 Å². The first-order chi connectivity index (χ1) is 10.7. The predicted molar refractivity (Wildman–Crippen MR) is 75.2 cm³/mol. The van der Waals surface area contributed by atoms with E-state index >= 15 is 0 Å². The summed E-state index contributed by atoms with van der Waals surface area (Å²) in [5.41, 5.74) is 8.94. The van der Waals surface area contributed by atoms with Gasteiger partial charge in [0.1, 0.15) is 11.8 Å². The molecule has 2 aromatic rings. The summed E-state index contributed by atoms with van der Waals surface area (Å²) in [7, 11) is 0. The molecular formula is C13H11FN6O2. The molecular weight excluding hydrogens is 291 g/mol. The summed E-state index contributed by atoms with van der Waals surface area (Å²) in [4.78, 5) is 15.7. The van der Waals surface area contributed by atoms with Crippen molar-refractivity contribution in [1.29, 1.82) is 0 Å². The average molecular weight is 302 g/mol. The maximum absolute atomic E-state index is 14.2. The molecule has 1 amide bonds. The van der Waals surface area contributed by atoms with Gasteiger partial charge in [0, 0.05) is 17.3 Å². The summed E-state index contributed by atoms with van der Waals surface area (Å²) >= 11 is 0. The van der Waals surface area contributed by atoms with E-state index < -0.39 is 18.0 Å². The van der Waals surface area contributed by atoms with E-state index in [1.54, 1.807) is 24.5 Å². The fourth-order valence-corrected chi connectivity index (χ4v) is 2.22. The maximum atomic E-state index is 14.2. The zero-order chi connectivity index (χ0) is 15.5. The number of azide groups is 1. The number of cyclic esters (lactones) is 1. The Hall–Kier alpha value is -3.06. The SMILES string of the molecule is [N-]=[N+]=NC[C@H]1CN(c2ccc(-n3cccn3)c(F)c2)C(=O)O1. The lowest BCUT2D eigenvalue weighted by atomic mass is 10.2. The predicted octanol–water partition coefficient (Wildman–Crippen LogP) is 2.65. The lowest BCUT2D eigenvalue weighted by molar-refractivity contribution is 0.145. The molecule has 8 nitrogen and oxygen atoms in total. The van der Waals surface area contributed by atoms with Crippen molar-refractivity contribution in [3.8, 4) is 5.69 Å². The molecule has 1 atom stereocenters. The smallest absolute Gasteiger partial charge is 0.414 e. The molecule has 0 unspecified atom stereocenters. The molecule has 112 valence electrons. The highest BCUT2D eigenvalue weighted by molar-refractivity contribution is 5.89. The van der Waals surface area contributed by atoms with E-state index in [-0.39, 0.29) is 18.8 Å². The van der Waals surface area contributed by atoms with E-state index in [2.05, 4.69) is 15.1 Å². The van der Waals surface area contributed by atoms with Gasteiger partial charge in [-0.05, 0) is 29.8 Å². The molecule has 1 aliphatic heterocycles. The number of hydrogen-bond donors (Lipinski definition) is 0. The van der Waals surface area contributed by atoms with Crippen molar-refractivity contribution < 1.29 is 13.9 Å². The molecule has 9 heteroatoms. The third-order valence-corrected chi connectivity index (χ3v) is 3.22. The molecule has 1 aliphatic rings. The highest BCUT2D eigenvalue weighted by atomic mass is 19.1. The lowest BCUT2D eigenvalue weighted by Gasteiger charge is -2.14. The molecule has 0 radical (unpaired) electrons. The summed E-state index contributed by atoms with van der Waals surface area (Å²) in [6.45, 7) is 0.255. The van der Waals surface area contributed by atoms with Gasteiger partial charge in [-0.1, -0.05) is 5.11 Å². The van der Waals surface area contributed by atoms with E-state index in [4.69, 9.17) is 10.3 Å². The van der Waals surface area contributed by atoms with Crippen molar-refractivity contribution in [2.45, 2.75) is 6.10 Å². The van der Waals surface area contributed by atoms with Crippen LogP contribution < -0.4 is 4.90 Å². The normalized spacial score (nSPS) is 17.2. The molecule has 1 saturated heterocycles. The number of aromatic nitrogens is 2. The molecule has 2 heterocycles. The number of nitrogens with zero attached hydrogens (tertiary/aromatic N) is 6. The first-order valence-electron chi connectivity index (χ1n) is 6.47. The number of carbonyl (C=O) groups is 1. The highest BCUT2D eigenvalue weighted by Gasteiger charge is 2.32. The molecule has 1 aromatic carbocycles. The average Bonchev–Trinajstić information content (AvgIpc) is 3.14. The van der Waals surface area contributed by atoms with Crippen LogP contribution in [-0.4, -0.2) is 35.1 Å². The minimum Gasteiger partial charge on any atom is -0.444 e. The Balaban J connectivity index is 1.82. The van der Waals surface area contributed by atoms with Crippen LogP contribution in [0, 0.1) is 5.82 Å². The van der Waals surface area contributed by atoms with Gasteiger partial charge in [0.25, 0.3) is 0 Å². The van der Waals surface area contributed by atoms with Crippen LogP contribution >= 0.6 is 0 Å². The van der Waals surface area contributed by atoms with E-state index in [0.29, 0.717) is 5.69 Å². The van der Waals surface area contributed by atoms with Crippen LogP contribution in [0.3, 0.4) is 0 Å². The number of benzene rings is 1. The summed E-state index contributed by atoms with van der Waals surface area (Å²) in [6, 6.07) is 6.07. The van der Waals surface area contributed by atoms with Gasteiger partial charge in [-0.3, -0.25) is 4.90 Å². The van der Waals surface area contributed by atoms with Crippen LogP contribution in [0.2, 0.25) is 0 Å². The van der Waals surface area contributed by atoms with Gasteiger partial charge < -0.3 is 4.74 Å². The maximum Gasteiger partial charge on any atom is 0.414 e. The standard InChI is InChI=1S/C13H11FN6O2/c14-11-6-9(2-3-12(11)20-5-1-4-17-20)19-8-10(7-16-18-15)22-13(19)21/h1-6,10H,7-8H2/t10-/m0/s1. The Morgan fingerprint density at radius 2 is 2.41 bits per heavy atom. The van der Waals surface area contributed by atoms with Gasteiger partial charge in [-0.25, -0.2) is 13.9 Å². The van der Waals surface area contributed by atoms with Gasteiger partial charge >= 0.3 is 6.09 Å². The third kappa shape index (κ3) is 2.57. The minimum absolute atomic E-state index is 0.0482. The first kappa shape index (κ1) is 13.9. The molecule has 3 rings (SSSR count). The number of halogens is 1. The Bertz CT molecular complexity index is 741. The van der Waals surface area contributed by atoms with Gasteiger partial charge in [0.15, 0.2) is 5.82 Å². The molecule has 0 bridgehead atoms. The quantitative estimate of drug-likeness (QED) is 0.493. The molecule has 1 aromatic heterocycles. The van der Waals surface area contributed by atoms with Gasteiger partial charge in [-0.2, -0.15) is 5.10 Å². The third-order valence-electron chi connectivity index (χ3n) is 3.22. The van der Waals surface area contributed by atoms with Gasteiger partial charge in [-0.15, -0.1) is 0 Å². The Kier molecular flexibility index (Phi) is 3.63. The van der Waals surface area contributed by atoms with E-state index in [1.807, 2.05) is 0 Å². The number of anilines is 1. The van der Waals surface area contributed by atoms with Crippen LogP contribution in [0.5, 0.6) is 0 Å². The van der Waals surface area contributed by atoms with Crippen LogP contribution in [0.1, 0.15) is 0 Å². The Labute approximate surface area is 124 Å². The summed E-state index contributed by atoms with van der Waals surface area (Å²) in [6.07, 6.45) is 2.05. The van der Waals surface area contributed by atoms with Crippen molar-refractivity contribution in [1.82, 2.24) is 9.78 Å².